The summed E-state index contributed by atoms with van der Waals surface area (Å²) in [7, 11) is 0. The number of nitrogens with one attached hydrogen (secondary N) is 2. The number of rotatable bonds is 5. The van der Waals surface area contributed by atoms with Gasteiger partial charge in [-0.2, -0.15) is 0 Å². The Morgan fingerprint density at radius 3 is 2.69 bits per heavy atom. The predicted molar refractivity (Wildman–Crippen MR) is 91.5 cm³/mol. The minimum absolute atomic E-state index is 0.0997. The van der Waals surface area contributed by atoms with Crippen LogP contribution in [0.2, 0.25) is 0 Å². The number of carbonyl (C=O) groups is 1. The van der Waals surface area contributed by atoms with Gasteiger partial charge >= 0.3 is 0 Å². The van der Waals surface area contributed by atoms with Crippen LogP contribution >= 0.6 is 0 Å². The molecule has 0 radical (unpaired) electrons. The second kappa shape index (κ2) is 6.99. The fraction of sp³-hybridized carbons (Fsp3) is 0.316. The van der Waals surface area contributed by atoms with Crippen LogP contribution in [0.3, 0.4) is 0 Å². The molecule has 26 heavy (non-hydrogen) atoms. The summed E-state index contributed by atoms with van der Waals surface area (Å²) in [6.45, 7) is 4.37. The van der Waals surface area contributed by atoms with Crippen LogP contribution in [0.5, 0.6) is 5.75 Å². The first-order valence-corrected chi connectivity index (χ1v) is 8.20. The highest BCUT2D eigenvalue weighted by Gasteiger charge is 2.29. The van der Waals surface area contributed by atoms with Gasteiger partial charge in [0.25, 0.3) is 0 Å². The minimum Gasteiger partial charge on any atom is -0.487 e. The normalized spacial score (nSPS) is 14.7. The van der Waals surface area contributed by atoms with E-state index in [9.17, 15) is 18.0 Å². The van der Waals surface area contributed by atoms with E-state index in [0.717, 1.165) is 35.4 Å². The third-order valence-electron chi connectivity index (χ3n) is 4.05. The lowest BCUT2D eigenvalue weighted by atomic mass is 10.0. The number of anilines is 1. The molecule has 4 nitrogen and oxygen atoms in total. The second-order valence-corrected chi connectivity index (χ2v) is 6.86. The smallest absolute Gasteiger partial charge is 0.238 e. The number of benzene rings is 2. The van der Waals surface area contributed by atoms with Crippen LogP contribution in [0, 0.1) is 17.5 Å². The summed E-state index contributed by atoms with van der Waals surface area (Å²) < 4.78 is 45.4. The average Bonchev–Trinajstić information content (AvgIpc) is 2.88. The number of fused-ring (bicyclic) bond motifs is 1. The lowest BCUT2D eigenvalue weighted by molar-refractivity contribution is -0.115. The van der Waals surface area contributed by atoms with Crippen molar-refractivity contribution in [3.8, 4) is 5.75 Å². The lowest BCUT2D eigenvalue weighted by Crippen LogP contribution is -2.28. The maximum Gasteiger partial charge on any atom is 0.238 e. The molecule has 0 fully saturated rings. The molecule has 0 spiro atoms. The average molecular weight is 364 g/mol. The Bertz CT molecular complexity index is 853. The van der Waals surface area contributed by atoms with Crippen LogP contribution in [-0.2, 0) is 17.8 Å². The molecule has 0 bridgehead atoms. The zero-order valence-corrected chi connectivity index (χ0v) is 14.5. The topological polar surface area (TPSA) is 50.4 Å². The molecule has 1 aliphatic rings. The molecule has 0 aromatic heterocycles. The first kappa shape index (κ1) is 18.3. The van der Waals surface area contributed by atoms with Crippen molar-refractivity contribution in [2.75, 3.05) is 11.9 Å². The van der Waals surface area contributed by atoms with E-state index in [1.54, 1.807) is 0 Å². The molecule has 1 aliphatic heterocycles. The molecule has 138 valence electrons. The molecule has 0 saturated heterocycles. The quantitative estimate of drug-likeness (QED) is 0.798. The van der Waals surface area contributed by atoms with Gasteiger partial charge in [-0.3, -0.25) is 4.79 Å². The van der Waals surface area contributed by atoms with E-state index in [4.69, 9.17) is 4.74 Å². The number of carbonyl (C=O) groups excluding carboxylic acids is 1. The van der Waals surface area contributed by atoms with Gasteiger partial charge < -0.3 is 15.4 Å². The van der Waals surface area contributed by atoms with Gasteiger partial charge in [0.2, 0.25) is 5.91 Å². The molecular formula is C19H19F3N2O2. The molecule has 0 aliphatic carbocycles. The summed E-state index contributed by atoms with van der Waals surface area (Å²) >= 11 is 0. The molecule has 2 aromatic rings. The summed E-state index contributed by atoms with van der Waals surface area (Å²) in [6.07, 6.45) is 0.812. The van der Waals surface area contributed by atoms with Gasteiger partial charge in [-0.05, 0) is 43.2 Å². The lowest BCUT2D eigenvalue weighted by Gasteiger charge is -2.16. The van der Waals surface area contributed by atoms with Gasteiger partial charge in [0.15, 0.2) is 17.5 Å². The Balaban J connectivity index is 1.53. The fourth-order valence-corrected chi connectivity index (χ4v) is 2.91. The van der Waals surface area contributed by atoms with Crippen molar-refractivity contribution in [3.63, 3.8) is 0 Å². The van der Waals surface area contributed by atoms with Gasteiger partial charge in [0, 0.05) is 13.0 Å². The largest absolute Gasteiger partial charge is 0.487 e. The molecule has 0 atom stereocenters. The van der Waals surface area contributed by atoms with Crippen molar-refractivity contribution in [1.82, 2.24) is 5.32 Å². The summed E-state index contributed by atoms with van der Waals surface area (Å²) in [5.41, 5.74) is 1.48. The van der Waals surface area contributed by atoms with E-state index >= 15 is 0 Å². The van der Waals surface area contributed by atoms with E-state index in [2.05, 4.69) is 10.6 Å². The number of hydrogen-bond acceptors (Lipinski definition) is 3. The Labute approximate surface area is 149 Å². The van der Waals surface area contributed by atoms with Crippen molar-refractivity contribution in [1.29, 1.82) is 0 Å². The third-order valence-corrected chi connectivity index (χ3v) is 4.05. The number of ether oxygens (including phenoxy) is 1. The Morgan fingerprint density at radius 2 is 1.92 bits per heavy atom. The fourth-order valence-electron chi connectivity index (χ4n) is 2.91. The summed E-state index contributed by atoms with van der Waals surface area (Å²) in [4.78, 5) is 11.8. The van der Waals surface area contributed by atoms with E-state index < -0.39 is 29.0 Å². The zero-order valence-electron chi connectivity index (χ0n) is 14.5. The highest BCUT2D eigenvalue weighted by Crippen LogP contribution is 2.35. The maximum absolute atomic E-state index is 13.5. The standard InChI is InChI=1S/C19H19F3N2O2/c1-19(2)8-12-7-11(3-6-15(12)26-19)9-23-10-16(25)24-14-5-4-13(20)17(21)18(14)22/h3-7,23H,8-10H2,1-2H3,(H,24,25). The highest BCUT2D eigenvalue weighted by atomic mass is 19.2. The predicted octanol–water partition coefficient (Wildman–Crippen LogP) is 3.55. The van der Waals surface area contributed by atoms with E-state index in [0.29, 0.717) is 6.54 Å². The number of halogens is 3. The number of amides is 1. The first-order chi connectivity index (χ1) is 12.2. The Morgan fingerprint density at radius 1 is 1.15 bits per heavy atom. The summed E-state index contributed by atoms with van der Waals surface area (Å²) in [5.74, 6) is -4.02. The minimum atomic E-state index is -1.61. The van der Waals surface area contributed by atoms with Gasteiger partial charge in [0.05, 0.1) is 12.2 Å². The third kappa shape index (κ3) is 3.99. The van der Waals surface area contributed by atoms with Gasteiger partial charge in [-0.25, -0.2) is 13.2 Å². The van der Waals surface area contributed by atoms with Crippen LogP contribution in [0.4, 0.5) is 18.9 Å². The first-order valence-electron chi connectivity index (χ1n) is 8.20. The SMILES string of the molecule is CC1(C)Cc2cc(CNCC(=O)Nc3ccc(F)c(F)c3F)ccc2O1. The van der Waals surface area contributed by atoms with Crippen LogP contribution in [0.1, 0.15) is 25.0 Å². The van der Waals surface area contributed by atoms with Crippen LogP contribution in [0.15, 0.2) is 30.3 Å². The Hall–Kier alpha value is -2.54. The van der Waals surface area contributed by atoms with Gasteiger partial charge in [-0.1, -0.05) is 12.1 Å². The van der Waals surface area contributed by atoms with Gasteiger partial charge in [0.1, 0.15) is 11.4 Å². The van der Waals surface area contributed by atoms with Crippen LogP contribution < -0.4 is 15.4 Å². The van der Waals surface area contributed by atoms with Gasteiger partial charge in [-0.15, -0.1) is 0 Å². The molecule has 1 heterocycles. The molecule has 1 amide bonds. The highest BCUT2D eigenvalue weighted by molar-refractivity contribution is 5.92. The molecule has 2 aromatic carbocycles. The second-order valence-electron chi connectivity index (χ2n) is 6.86. The van der Waals surface area contributed by atoms with Crippen LogP contribution in [-0.4, -0.2) is 18.1 Å². The Kier molecular flexibility index (Phi) is 4.91. The van der Waals surface area contributed by atoms with Crippen molar-refractivity contribution >= 4 is 11.6 Å². The van der Waals surface area contributed by atoms with Crippen LogP contribution in [0.25, 0.3) is 0 Å². The summed E-state index contributed by atoms with van der Waals surface area (Å²) in [6, 6.07) is 7.56. The molecule has 0 unspecified atom stereocenters. The molecule has 7 heteroatoms. The van der Waals surface area contributed by atoms with E-state index in [-0.39, 0.29) is 12.1 Å². The van der Waals surface area contributed by atoms with Crippen molar-refractivity contribution in [2.45, 2.75) is 32.4 Å². The zero-order chi connectivity index (χ0) is 18.9. The van der Waals surface area contributed by atoms with E-state index in [1.165, 1.54) is 0 Å². The van der Waals surface area contributed by atoms with Crippen molar-refractivity contribution in [3.05, 3.63) is 58.9 Å². The molecule has 2 N–H and O–H groups in total. The number of hydrogen-bond donors (Lipinski definition) is 2. The monoisotopic (exact) mass is 364 g/mol. The van der Waals surface area contributed by atoms with Crippen molar-refractivity contribution in [2.24, 2.45) is 0 Å². The molecule has 0 saturated carbocycles. The summed E-state index contributed by atoms with van der Waals surface area (Å²) in [5, 5.41) is 5.15. The van der Waals surface area contributed by atoms with E-state index in [1.807, 2.05) is 32.0 Å². The molecular weight excluding hydrogens is 345 g/mol. The van der Waals surface area contributed by atoms with Crippen molar-refractivity contribution < 1.29 is 22.7 Å². The maximum atomic E-state index is 13.5. The molecule has 3 rings (SSSR count).